The highest BCUT2D eigenvalue weighted by atomic mass is 32.2. The molecule has 7 heteroatoms. The summed E-state index contributed by atoms with van der Waals surface area (Å²) in [6.45, 7) is 1.84. The van der Waals surface area contributed by atoms with Gasteiger partial charge >= 0.3 is 5.97 Å². The summed E-state index contributed by atoms with van der Waals surface area (Å²) in [5, 5.41) is 12.3. The van der Waals surface area contributed by atoms with Crippen molar-refractivity contribution in [3.05, 3.63) is 29.3 Å². The number of rotatable bonds is 5. The van der Waals surface area contributed by atoms with E-state index < -0.39 is 27.3 Å². The van der Waals surface area contributed by atoms with Crippen molar-refractivity contribution in [2.24, 2.45) is 0 Å². The lowest BCUT2D eigenvalue weighted by Gasteiger charge is -2.29. The van der Waals surface area contributed by atoms with Gasteiger partial charge in [0.15, 0.2) is 9.84 Å². The molecular formula is C18H25NO5S. The molecule has 0 radical (unpaired) electrons. The Labute approximate surface area is 148 Å². The first-order chi connectivity index (χ1) is 11.7. The van der Waals surface area contributed by atoms with Gasteiger partial charge < -0.3 is 10.4 Å². The summed E-state index contributed by atoms with van der Waals surface area (Å²) < 4.78 is 23.9. The Morgan fingerprint density at radius 3 is 2.24 bits per heavy atom. The SMILES string of the molecule is CCc1ccc(C(=O)NC2(C(=O)O)CCCCCC2)cc1S(C)(=O)=O. The lowest BCUT2D eigenvalue weighted by Crippen LogP contribution is -2.54. The molecule has 0 saturated heterocycles. The Hall–Kier alpha value is -1.89. The van der Waals surface area contributed by atoms with Crippen LogP contribution >= 0.6 is 0 Å². The van der Waals surface area contributed by atoms with Crippen molar-refractivity contribution < 1.29 is 23.1 Å². The fourth-order valence-electron chi connectivity index (χ4n) is 3.35. The molecular weight excluding hydrogens is 342 g/mol. The fourth-order valence-corrected chi connectivity index (χ4v) is 4.38. The van der Waals surface area contributed by atoms with Crippen molar-refractivity contribution in [3.8, 4) is 0 Å². The number of benzene rings is 1. The van der Waals surface area contributed by atoms with Crippen molar-refractivity contribution >= 4 is 21.7 Å². The van der Waals surface area contributed by atoms with Crippen LogP contribution < -0.4 is 5.32 Å². The zero-order valence-electron chi connectivity index (χ0n) is 14.7. The first kappa shape index (κ1) is 19.4. The molecule has 1 saturated carbocycles. The van der Waals surface area contributed by atoms with Crippen molar-refractivity contribution in [1.82, 2.24) is 5.32 Å². The average Bonchev–Trinajstić information content (AvgIpc) is 2.80. The maximum Gasteiger partial charge on any atom is 0.329 e. The van der Waals surface area contributed by atoms with Crippen LogP contribution in [-0.4, -0.2) is 37.2 Å². The topological polar surface area (TPSA) is 101 Å². The average molecular weight is 367 g/mol. The monoisotopic (exact) mass is 367 g/mol. The highest BCUT2D eigenvalue weighted by molar-refractivity contribution is 7.90. The van der Waals surface area contributed by atoms with Crippen LogP contribution in [0.15, 0.2) is 23.1 Å². The second-order valence-corrected chi connectivity index (χ2v) is 8.69. The van der Waals surface area contributed by atoms with Crippen molar-refractivity contribution in [2.45, 2.75) is 62.3 Å². The zero-order valence-corrected chi connectivity index (χ0v) is 15.5. The summed E-state index contributed by atoms with van der Waals surface area (Å²) in [6.07, 6.45) is 5.81. The molecule has 6 nitrogen and oxygen atoms in total. The predicted octanol–water partition coefficient (Wildman–Crippen LogP) is 2.56. The molecule has 0 heterocycles. The molecule has 1 aliphatic rings. The minimum atomic E-state index is -3.47. The summed E-state index contributed by atoms with van der Waals surface area (Å²) in [5.41, 5.74) is -0.466. The molecule has 1 fully saturated rings. The molecule has 0 aromatic heterocycles. The maximum atomic E-state index is 12.6. The normalized spacial score (nSPS) is 17.5. The number of sulfone groups is 1. The first-order valence-electron chi connectivity index (χ1n) is 8.58. The molecule has 0 bridgehead atoms. The van der Waals surface area contributed by atoms with E-state index in [0.717, 1.165) is 31.9 Å². The number of amides is 1. The second kappa shape index (κ2) is 7.56. The highest BCUT2D eigenvalue weighted by Gasteiger charge is 2.40. The standard InChI is InChI=1S/C18H25NO5S/c1-3-13-8-9-14(12-15(13)25(2,23)24)16(20)19-18(17(21)22)10-6-4-5-7-11-18/h8-9,12H,3-7,10-11H2,1-2H3,(H,19,20)(H,21,22). The van der Waals surface area contributed by atoms with Gasteiger partial charge in [-0.05, 0) is 37.0 Å². The Balaban J connectivity index is 2.35. The predicted molar refractivity (Wildman–Crippen MR) is 94.5 cm³/mol. The van der Waals surface area contributed by atoms with E-state index in [4.69, 9.17) is 0 Å². The van der Waals surface area contributed by atoms with E-state index in [-0.39, 0.29) is 10.5 Å². The van der Waals surface area contributed by atoms with E-state index in [1.807, 2.05) is 6.92 Å². The fraction of sp³-hybridized carbons (Fsp3) is 0.556. The molecule has 1 aromatic rings. The summed E-state index contributed by atoms with van der Waals surface area (Å²) in [7, 11) is -3.47. The largest absolute Gasteiger partial charge is 0.480 e. The maximum absolute atomic E-state index is 12.6. The van der Waals surface area contributed by atoms with Gasteiger partial charge in [-0.1, -0.05) is 38.7 Å². The van der Waals surface area contributed by atoms with Crippen LogP contribution in [0.25, 0.3) is 0 Å². The van der Waals surface area contributed by atoms with E-state index in [1.54, 1.807) is 12.1 Å². The van der Waals surface area contributed by atoms with Gasteiger partial charge in [0.05, 0.1) is 4.90 Å². The molecule has 1 amide bonds. The molecule has 2 N–H and O–H groups in total. The molecule has 1 aromatic carbocycles. The number of hydrogen-bond donors (Lipinski definition) is 2. The van der Waals surface area contributed by atoms with E-state index in [2.05, 4.69) is 5.32 Å². The zero-order chi connectivity index (χ0) is 18.7. The lowest BCUT2D eigenvalue weighted by molar-refractivity contribution is -0.145. The van der Waals surface area contributed by atoms with Crippen LogP contribution in [0, 0.1) is 0 Å². The van der Waals surface area contributed by atoms with Crippen molar-refractivity contribution in [1.29, 1.82) is 0 Å². The number of carboxylic acid groups (broad SMARTS) is 1. The van der Waals surface area contributed by atoms with Crippen LogP contribution in [0.5, 0.6) is 0 Å². The molecule has 138 valence electrons. The van der Waals surface area contributed by atoms with Crippen LogP contribution in [0.4, 0.5) is 0 Å². The molecule has 0 aliphatic heterocycles. The summed E-state index contributed by atoms with van der Waals surface area (Å²) in [4.78, 5) is 24.6. The molecule has 0 spiro atoms. The van der Waals surface area contributed by atoms with Crippen LogP contribution in [0.2, 0.25) is 0 Å². The number of aliphatic carboxylic acids is 1. The smallest absolute Gasteiger partial charge is 0.329 e. The molecule has 25 heavy (non-hydrogen) atoms. The van der Waals surface area contributed by atoms with Gasteiger partial charge in [0.1, 0.15) is 5.54 Å². The second-order valence-electron chi connectivity index (χ2n) is 6.70. The number of aryl methyl sites for hydroxylation is 1. The third-order valence-corrected chi connectivity index (χ3v) is 6.01. The van der Waals surface area contributed by atoms with Gasteiger partial charge in [0, 0.05) is 11.8 Å². The summed E-state index contributed by atoms with van der Waals surface area (Å²) in [6, 6.07) is 4.51. The highest BCUT2D eigenvalue weighted by Crippen LogP contribution is 2.28. The number of hydrogen-bond acceptors (Lipinski definition) is 4. The molecule has 0 unspecified atom stereocenters. The van der Waals surface area contributed by atoms with Gasteiger partial charge in [-0.3, -0.25) is 4.79 Å². The quantitative estimate of drug-likeness (QED) is 0.779. The van der Waals surface area contributed by atoms with E-state index in [0.29, 0.717) is 24.8 Å². The Morgan fingerprint density at radius 2 is 1.76 bits per heavy atom. The molecule has 2 rings (SSSR count). The Morgan fingerprint density at radius 1 is 1.16 bits per heavy atom. The van der Waals surface area contributed by atoms with Crippen molar-refractivity contribution in [2.75, 3.05) is 6.26 Å². The first-order valence-corrected chi connectivity index (χ1v) is 10.5. The number of carbonyl (C=O) groups is 2. The van der Waals surface area contributed by atoms with E-state index in [9.17, 15) is 23.1 Å². The van der Waals surface area contributed by atoms with E-state index in [1.165, 1.54) is 6.07 Å². The number of nitrogens with one attached hydrogen (secondary N) is 1. The van der Waals surface area contributed by atoms with Gasteiger partial charge in [0.25, 0.3) is 5.91 Å². The molecule has 0 atom stereocenters. The third kappa shape index (κ3) is 4.39. The summed E-state index contributed by atoms with van der Waals surface area (Å²) in [5.74, 6) is -1.58. The van der Waals surface area contributed by atoms with Crippen LogP contribution in [0.3, 0.4) is 0 Å². The van der Waals surface area contributed by atoms with Gasteiger partial charge in [-0.2, -0.15) is 0 Å². The Kier molecular flexibility index (Phi) is 5.87. The van der Waals surface area contributed by atoms with E-state index >= 15 is 0 Å². The number of carbonyl (C=O) groups excluding carboxylic acids is 1. The van der Waals surface area contributed by atoms with Crippen LogP contribution in [0.1, 0.15) is 61.4 Å². The third-order valence-electron chi connectivity index (χ3n) is 4.83. The minimum Gasteiger partial charge on any atom is -0.480 e. The lowest BCUT2D eigenvalue weighted by atomic mass is 9.89. The molecule has 1 aliphatic carbocycles. The minimum absolute atomic E-state index is 0.118. The summed E-state index contributed by atoms with van der Waals surface area (Å²) >= 11 is 0. The van der Waals surface area contributed by atoms with Gasteiger partial charge in [-0.25, -0.2) is 13.2 Å². The van der Waals surface area contributed by atoms with Gasteiger partial charge in [-0.15, -0.1) is 0 Å². The van der Waals surface area contributed by atoms with Gasteiger partial charge in [0.2, 0.25) is 0 Å². The number of carboxylic acids is 1. The van der Waals surface area contributed by atoms with Crippen molar-refractivity contribution in [3.63, 3.8) is 0 Å². The van der Waals surface area contributed by atoms with Crippen LogP contribution in [-0.2, 0) is 21.1 Å². The Bertz CT molecular complexity index is 762.